The summed E-state index contributed by atoms with van der Waals surface area (Å²) >= 11 is 0. The molecule has 11 aromatic rings. The van der Waals surface area contributed by atoms with Crippen LogP contribution in [0, 0.1) is 0 Å². The van der Waals surface area contributed by atoms with Crippen LogP contribution in [-0.4, -0.2) is 9.13 Å². The van der Waals surface area contributed by atoms with Crippen LogP contribution in [0.2, 0.25) is 0 Å². The minimum absolute atomic E-state index is 0.0859. The van der Waals surface area contributed by atoms with Crippen LogP contribution in [0.1, 0.15) is 51.7 Å². The molecule has 1 aliphatic rings. The van der Waals surface area contributed by atoms with Crippen molar-refractivity contribution in [1.29, 1.82) is 0 Å². The predicted octanol–water partition coefficient (Wildman–Crippen LogP) is 14.8. The number of para-hydroxylation sites is 1. The van der Waals surface area contributed by atoms with Gasteiger partial charge in [0.05, 0.1) is 22.1 Å². The van der Waals surface area contributed by atoms with Gasteiger partial charge in [0.15, 0.2) is 0 Å². The highest BCUT2D eigenvalue weighted by molar-refractivity contribution is 6.27. The molecule has 2 aromatic heterocycles. The Balaban J connectivity index is 1.28. The third-order valence-electron chi connectivity index (χ3n) is 13.5. The topological polar surface area (TPSA) is 9.86 Å². The molecule has 0 amide bonds. The van der Waals surface area contributed by atoms with Gasteiger partial charge in [0, 0.05) is 32.9 Å². The number of hydrogen-bond acceptors (Lipinski definition) is 0. The Morgan fingerprint density at radius 1 is 0.339 bits per heavy atom. The standard InChI is InChI=1S/C54H42N2/c1-53(2)26-27-54(3,4)47-31-49-44(30-46(47)53)43-29-45-51(55(34-15-6-5-7-16-34)48-25-22-33-14-8-9-17-36(33)52(45)48)32-50(43)56(49)35-23-24-41-39-20-11-10-18-37(39)38-19-12-13-21-40(38)42(41)28-35/h5-25,28-32H,26-27H2,1-4H3. The molecule has 0 bridgehead atoms. The Kier molecular flexibility index (Phi) is 6.33. The third kappa shape index (κ3) is 4.27. The summed E-state index contributed by atoms with van der Waals surface area (Å²) < 4.78 is 5.06. The summed E-state index contributed by atoms with van der Waals surface area (Å²) in [5.41, 5.74) is 10.5. The van der Waals surface area contributed by atoms with E-state index in [0.717, 1.165) is 0 Å². The molecule has 0 aliphatic heterocycles. The summed E-state index contributed by atoms with van der Waals surface area (Å²) in [5, 5.41) is 15.6. The second-order valence-electron chi connectivity index (χ2n) is 17.6. The van der Waals surface area contributed by atoms with Gasteiger partial charge < -0.3 is 9.13 Å². The molecule has 0 unspecified atom stereocenters. The van der Waals surface area contributed by atoms with Gasteiger partial charge in [-0.05, 0) is 132 Å². The molecule has 2 heterocycles. The maximum atomic E-state index is 2.58. The van der Waals surface area contributed by atoms with Gasteiger partial charge >= 0.3 is 0 Å². The van der Waals surface area contributed by atoms with E-state index in [9.17, 15) is 0 Å². The lowest BCUT2D eigenvalue weighted by Gasteiger charge is -2.42. The van der Waals surface area contributed by atoms with Crippen LogP contribution in [0.15, 0.2) is 158 Å². The first-order valence-corrected chi connectivity index (χ1v) is 20.1. The zero-order valence-corrected chi connectivity index (χ0v) is 32.3. The molecule has 0 fully saturated rings. The lowest BCUT2D eigenvalue weighted by atomic mass is 9.63. The van der Waals surface area contributed by atoms with Crippen LogP contribution in [-0.2, 0) is 10.8 Å². The maximum Gasteiger partial charge on any atom is 0.0562 e. The monoisotopic (exact) mass is 718 g/mol. The van der Waals surface area contributed by atoms with Gasteiger partial charge in [-0.2, -0.15) is 0 Å². The highest BCUT2D eigenvalue weighted by Gasteiger charge is 2.38. The average Bonchev–Trinajstić information content (AvgIpc) is 3.73. The van der Waals surface area contributed by atoms with Crippen LogP contribution < -0.4 is 0 Å². The highest BCUT2D eigenvalue weighted by Crippen LogP contribution is 2.50. The molecule has 2 nitrogen and oxygen atoms in total. The summed E-state index contributed by atoms with van der Waals surface area (Å²) in [5.74, 6) is 0. The van der Waals surface area contributed by atoms with Crippen molar-refractivity contribution in [2.24, 2.45) is 0 Å². The molecule has 0 atom stereocenters. The first kappa shape index (κ1) is 31.9. The van der Waals surface area contributed by atoms with Crippen molar-refractivity contribution in [2.45, 2.75) is 51.4 Å². The fourth-order valence-corrected chi connectivity index (χ4v) is 10.5. The average molecular weight is 719 g/mol. The molecular weight excluding hydrogens is 677 g/mol. The molecule has 56 heavy (non-hydrogen) atoms. The number of nitrogens with zero attached hydrogens (tertiary/aromatic N) is 2. The highest BCUT2D eigenvalue weighted by atomic mass is 15.0. The van der Waals surface area contributed by atoms with E-state index in [1.54, 1.807) is 0 Å². The Hall–Kier alpha value is -6.38. The first-order valence-electron chi connectivity index (χ1n) is 20.1. The van der Waals surface area contributed by atoms with Gasteiger partial charge in [0.25, 0.3) is 0 Å². The molecule has 0 radical (unpaired) electrons. The zero-order valence-electron chi connectivity index (χ0n) is 32.3. The van der Waals surface area contributed by atoms with Crippen LogP contribution >= 0.6 is 0 Å². The Labute approximate surface area is 326 Å². The molecule has 0 N–H and O–H groups in total. The summed E-state index contributed by atoms with van der Waals surface area (Å²) in [6.07, 6.45) is 2.36. The van der Waals surface area contributed by atoms with Crippen molar-refractivity contribution in [3.05, 3.63) is 169 Å². The van der Waals surface area contributed by atoms with Crippen molar-refractivity contribution in [1.82, 2.24) is 9.13 Å². The minimum atomic E-state index is 0.0859. The van der Waals surface area contributed by atoms with Crippen molar-refractivity contribution in [3.63, 3.8) is 0 Å². The molecule has 9 aromatic carbocycles. The molecule has 0 spiro atoms. The number of rotatable bonds is 2. The molecular formula is C54H42N2. The summed E-state index contributed by atoms with van der Waals surface area (Å²) in [7, 11) is 0. The number of fused-ring (bicyclic) bond motifs is 15. The molecule has 1 aliphatic carbocycles. The van der Waals surface area contributed by atoms with Crippen molar-refractivity contribution in [3.8, 4) is 11.4 Å². The van der Waals surface area contributed by atoms with E-state index in [4.69, 9.17) is 0 Å². The second-order valence-corrected chi connectivity index (χ2v) is 17.6. The van der Waals surface area contributed by atoms with E-state index in [2.05, 4.69) is 195 Å². The van der Waals surface area contributed by atoms with E-state index >= 15 is 0 Å². The number of aromatic nitrogens is 2. The normalized spacial score (nSPS) is 15.3. The summed E-state index contributed by atoms with van der Waals surface area (Å²) in [4.78, 5) is 0. The van der Waals surface area contributed by atoms with Gasteiger partial charge in [-0.15, -0.1) is 0 Å². The maximum absolute atomic E-state index is 2.58. The van der Waals surface area contributed by atoms with Crippen LogP contribution in [0.3, 0.4) is 0 Å². The Bertz CT molecular complexity index is 3430. The quantitative estimate of drug-likeness (QED) is 0.158. The van der Waals surface area contributed by atoms with E-state index in [1.807, 2.05) is 0 Å². The van der Waals surface area contributed by atoms with E-state index < -0.39 is 0 Å². The van der Waals surface area contributed by atoms with Crippen LogP contribution in [0.5, 0.6) is 0 Å². The number of benzene rings is 9. The second kappa shape index (κ2) is 11.1. The van der Waals surface area contributed by atoms with Crippen molar-refractivity contribution < 1.29 is 0 Å². The fourth-order valence-electron chi connectivity index (χ4n) is 10.5. The summed E-state index contributed by atoms with van der Waals surface area (Å²) in [6, 6.07) is 59.5. The lowest BCUT2D eigenvalue weighted by molar-refractivity contribution is 0.332. The van der Waals surface area contributed by atoms with E-state index in [1.165, 1.54) is 122 Å². The van der Waals surface area contributed by atoms with Gasteiger partial charge in [-0.25, -0.2) is 0 Å². The largest absolute Gasteiger partial charge is 0.309 e. The zero-order chi connectivity index (χ0) is 37.5. The first-order chi connectivity index (χ1) is 27.3. The molecule has 2 heteroatoms. The smallest absolute Gasteiger partial charge is 0.0562 e. The minimum Gasteiger partial charge on any atom is -0.309 e. The molecule has 0 saturated heterocycles. The third-order valence-corrected chi connectivity index (χ3v) is 13.5. The van der Waals surface area contributed by atoms with Gasteiger partial charge in [0.2, 0.25) is 0 Å². The summed E-state index contributed by atoms with van der Waals surface area (Å²) in [6.45, 7) is 9.79. The molecule has 268 valence electrons. The fraction of sp³-hybridized carbons (Fsp3) is 0.148. The van der Waals surface area contributed by atoms with E-state index in [-0.39, 0.29) is 10.8 Å². The molecule has 12 rings (SSSR count). The van der Waals surface area contributed by atoms with Gasteiger partial charge in [-0.1, -0.05) is 131 Å². The Morgan fingerprint density at radius 3 is 1.55 bits per heavy atom. The SMILES string of the molecule is CC1(C)CCC(C)(C)c2cc3c(cc21)c1cc2c4c5ccccc5ccc4n(-c4ccccc4)c2cc1n3-c1ccc2c3ccccc3c3ccccc3c2c1. The van der Waals surface area contributed by atoms with Gasteiger partial charge in [-0.3, -0.25) is 0 Å². The van der Waals surface area contributed by atoms with Crippen molar-refractivity contribution >= 4 is 86.7 Å². The predicted molar refractivity (Wildman–Crippen MR) is 240 cm³/mol. The molecule has 0 saturated carbocycles. The van der Waals surface area contributed by atoms with Crippen LogP contribution in [0.4, 0.5) is 0 Å². The van der Waals surface area contributed by atoms with Crippen LogP contribution in [0.25, 0.3) is 98.1 Å². The van der Waals surface area contributed by atoms with Crippen molar-refractivity contribution in [2.75, 3.05) is 0 Å². The van der Waals surface area contributed by atoms with E-state index in [0.29, 0.717) is 0 Å². The Morgan fingerprint density at radius 2 is 0.857 bits per heavy atom. The lowest BCUT2D eigenvalue weighted by Crippen LogP contribution is -2.33. The van der Waals surface area contributed by atoms with Gasteiger partial charge in [0.1, 0.15) is 0 Å². The number of hydrogen-bond donors (Lipinski definition) is 0.